The van der Waals surface area contributed by atoms with Gasteiger partial charge in [-0.25, -0.2) is 0 Å². The average molecular weight is 366 g/mol. The van der Waals surface area contributed by atoms with Gasteiger partial charge >= 0.3 is 0 Å². The normalized spacial score (nSPS) is 10.8. The molecule has 27 heavy (non-hydrogen) atoms. The molecule has 0 aliphatic rings. The van der Waals surface area contributed by atoms with Gasteiger partial charge in [0.25, 0.3) is 0 Å². The van der Waals surface area contributed by atoms with Crippen LogP contribution in [0.4, 0.5) is 0 Å². The first-order chi connectivity index (χ1) is 13.1. The number of fused-ring (bicyclic) bond motifs is 1. The minimum atomic E-state index is 0.143. The Kier molecular flexibility index (Phi) is 6.01. The SMILES string of the molecule is COc1ccc(CN(C)C(=O)CCCc2c[nH]c3ccccc23)cc1OC. The second-order valence-electron chi connectivity index (χ2n) is 6.65. The Morgan fingerprint density at radius 3 is 2.63 bits per heavy atom. The summed E-state index contributed by atoms with van der Waals surface area (Å²) in [7, 11) is 5.06. The summed E-state index contributed by atoms with van der Waals surface area (Å²) in [5, 5.41) is 1.24. The van der Waals surface area contributed by atoms with Crippen molar-refractivity contribution in [3.05, 3.63) is 59.8 Å². The van der Waals surface area contributed by atoms with Gasteiger partial charge in [-0.05, 0) is 42.2 Å². The van der Waals surface area contributed by atoms with E-state index in [4.69, 9.17) is 9.47 Å². The molecule has 0 unspecified atom stereocenters. The van der Waals surface area contributed by atoms with Crippen molar-refractivity contribution in [3.8, 4) is 11.5 Å². The van der Waals surface area contributed by atoms with Crippen molar-refractivity contribution < 1.29 is 14.3 Å². The third-order valence-electron chi connectivity index (χ3n) is 4.81. The molecule has 3 rings (SSSR count). The quantitative estimate of drug-likeness (QED) is 0.651. The third-order valence-corrected chi connectivity index (χ3v) is 4.81. The van der Waals surface area contributed by atoms with Crippen LogP contribution < -0.4 is 9.47 Å². The van der Waals surface area contributed by atoms with E-state index >= 15 is 0 Å². The van der Waals surface area contributed by atoms with Gasteiger partial charge in [0, 0.05) is 37.1 Å². The number of benzene rings is 2. The van der Waals surface area contributed by atoms with Gasteiger partial charge in [0.1, 0.15) is 0 Å². The number of ether oxygens (including phenoxy) is 2. The zero-order chi connectivity index (χ0) is 19.2. The number of hydrogen-bond acceptors (Lipinski definition) is 3. The topological polar surface area (TPSA) is 54.6 Å². The van der Waals surface area contributed by atoms with Crippen LogP contribution in [-0.2, 0) is 17.8 Å². The Morgan fingerprint density at radius 2 is 1.85 bits per heavy atom. The number of aromatic nitrogens is 1. The summed E-state index contributed by atoms with van der Waals surface area (Å²) in [6, 6.07) is 14.0. The molecule has 0 saturated heterocycles. The van der Waals surface area contributed by atoms with Crippen LogP contribution in [0.15, 0.2) is 48.7 Å². The highest BCUT2D eigenvalue weighted by Crippen LogP contribution is 2.28. The molecule has 2 aromatic carbocycles. The fraction of sp³-hybridized carbons (Fsp3) is 0.318. The smallest absolute Gasteiger partial charge is 0.222 e. The number of hydrogen-bond donors (Lipinski definition) is 1. The summed E-state index contributed by atoms with van der Waals surface area (Å²) in [6.45, 7) is 0.548. The molecule has 3 aromatic rings. The lowest BCUT2D eigenvalue weighted by Gasteiger charge is -2.18. The molecule has 1 aromatic heterocycles. The average Bonchev–Trinajstić information content (AvgIpc) is 3.11. The standard InChI is InChI=1S/C22H26N2O3/c1-24(15-16-11-12-20(26-2)21(13-16)27-3)22(25)10-6-7-17-14-23-19-9-5-4-8-18(17)19/h4-5,8-9,11-14,23H,6-7,10,15H2,1-3H3. The molecule has 0 bridgehead atoms. The number of aryl methyl sites for hydroxylation is 1. The maximum atomic E-state index is 12.5. The molecule has 0 aliphatic heterocycles. The van der Waals surface area contributed by atoms with Crippen molar-refractivity contribution in [2.45, 2.75) is 25.8 Å². The predicted molar refractivity (Wildman–Crippen MR) is 107 cm³/mol. The van der Waals surface area contributed by atoms with E-state index in [-0.39, 0.29) is 5.91 Å². The van der Waals surface area contributed by atoms with E-state index in [2.05, 4.69) is 17.1 Å². The van der Waals surface area contributed by atoms with Gasteiger partial charge in [-0.2, -0.15) is 0 Å². The number of nitrogens with zero attached hydrogens (tertiary/aromatic N) is 1. The predicted octanol–water partition coefficient (Wildman–Crippen LogP) is 4.17. The molecule has 5 heteroatoms. The summed E-state index contributed by atoms with van der Waals surface area (Å²) in [6.07, 6.45) is 4.29. The Labute approximate surface area is 159 Å². The Morgan fingerprint density at radius 1 is 1.07 bits per heavy atom. The van der Waals surface area contributed by atoms with E-state index in [1.807, 2.05) is 43.6 Å². The zero-order valence-electron chi connectivity index (χ0n) is 16.1. The van der Waals surface area contributed by atoms with Crippen molar-refractivity contribution in [1.29, 1.82) is 0 Å². The minimum absolute atomic E-state index is 0.143. The van der Waals surface area contributed by atoms with Crippen LogP contribution in [-0.4, -0.2) is 37.1 Å². The first kappa shape index (κ1) is 18.8. The maximum Gasteiger partial charge on any atom is 0.222 e. The number of amides is 1. The van der Waals surface area contributed by atoms with Crippen molar-refractivity contribution in [1.82, 2.24) is 9.88 Å². The Hall–Kier alpha value is -2.95. The van der Waals surface area contributed by atoms with Crippen LogP contribution in [0.25, 0.3) is 10.9 Å². The number of rotatable bonds is 8. The first-order valence-electron chi connectivity index (χ1n) is 9.12. The first-order valence-corrected chi connectivity index (χ1v) is 9.12. The summed E-state index contributed by atoms with van der Waals surface area (Å²) >= 11 is 0. The summed E-state index contributed by atoms with van der Waals surface area (Å²) < 4.78 is 10.6. The van der Waals surface area contributed by atoms with Crippen LogP contribution in [0.1, 0.15) is 24.0 Å². The van der Waals surface area contributed by atoms with Crippen LogP contribution in [0.3, 0.4) is 0 Å². The van der Waals surface area contributed by atoms with Crippen LogP contribution in [0.5, 0.6) is 11.5 Å². The van der Waals surface area contributed by atoms with E-state index in [1.165, 1.54) is 10.9 Å². The van der Waals surface area contributed by atoms with Crippen molar-refractivity contribution >= 4 is 16.8 Å². The number of carbonyl (C=O) groups excluding carboxylic acids is 1. The number of para-hydroxylation sites is 1. The minimum Gasteiger partial charge on any atom is -0.493 e. The third kappa shape index (κ3) is 4.42. The number of nitrogens with one attached hydrogen (secondary N) is 1. The lowest BCUT2D eigenvalue weighted by molar-refractivity contribution is -0.130. The van der Waals surface area contributed by atoms with E-state index < -0.39 is 0 Å². The van der Waals surface area contributed by atoms with Crippen molar-refractivity contribution in [2.24, 2.45) is 0 Å². The van der Waals surface area contributed by atoms with Gasteiger partial charge in [-0.15, -0.1) is 0 Å². The molecule has 1 amide bonds. The summed E-state index contributed by atoms with van der Waals surface area (Å²) in [5.41, 5.74) is 3.42. The molecule has 1 N–H and O–H groups in total. The van der Waals surface area contributed by atoms with Gasteiger partial charge in [-0.1, -0.05) is 24.3 Å². The van der Waals surface area contributed by atoms with E-state index in [0.29, 0.717) is 24.5 Å². The maximum absolute atomic E-state index is 12.5. The van der Waals surface area contributed by atoms with Crippen LogP contribution >= 0.6 is 0 Å². The molecule has 0 saturated carbocycles. The molecule has 1 heterocycles. The molecule has 0 fully saturated rings. The van der Waals surface area contributed by atoms with E-state index in [0.717, 1.165) is 23.9 Å². The number of carbonyl (C=O) groups is 1. The van der Waals surface area contributed by atoms with Gasteiger partial charge in [0.15, 0.2) is 11.5 Å². The summed E-state index contributed by atoms with van der Waals surface area (Å²) in [5.74, 6) is 1.51. The number of H-pyrrole nitrogens is 1. The molecular formula is C22H26N2O3. The lowest BCUT2D eigenvalue weighted by atomic mass is 10.1. The fourth-order valence-electron chi connectivity index (χ4n) is 3.30. The zero-order valence-corrected chi connectivity index (χ0v) is 16.1. The Balaban J connectivity index is 1.53. The molecule has 0 radical (unpaired) electrons. The molecule has 5 nitrogen and oxygen atoms in total. The monoisotopic (exact) mass is 366 g/mol. The number of methoxy groups -OCH3 is 2. The van der Waals surface area contributed by atoms with Crippen LogP contribution in [0, 0.1) is 0 Å². The molecule has 0 aliphatic carbocycles. The largest absolute Gasteiger partial charge is 0.493 e. The lowest BCUT2D eigenvalue weighted by Crippen LogP contribution is -2.26. The van der Waals surface area contributed by atoms with E-state index in [1.54, 1.807) is 19.1 Å². The van der Waals surface area contributed by atoms with Gasteiger partial charge < -0.3 is 19.4 Å². The molecular weight excluding hydrogens is 340 g/mol. The molecule has 0 spiro atoms. The van der Waals surface area contributed by atoms with Crippen LogP contribution in [0.2, 0.25) is 0 Å². The van der Waals surface area contributed by atoms with Crippen molar-refractivity contribution in [2.75, 3.05) is 21.3 Å². The summed E-state index contributed by atoms with van der Waals surface area (Å²) in [4.78, 5) is 17.5. The second-order valence-corrected chi connectivity index (χ2v) is 6.65. The highest BCUT2D eigenvalue weighted by Gasteiger charge is 2.12. The highest BCUT2D eigenvalue weighted by atomic mass is 16.5. The van der Waals surface area contributed by atoms with Gasteiger partial charge in [0.2, 0.25) is 5.91 Å². The highest BCUT2D eigenvalue weighted by molar-refractivity contribution is 5.83. The molecule has 0 atom stereocenters. The fourth-order valence-corrected chi connectivity index (χ4v) is 3.30. The Bertz CT molecular complexity index is 917. The van der Waals surface area contributed by atoms with Gasteiger partial charge in [0.05, 0.1) is 14.2 Å². The number of aromatic amines is 1. The van der Waals surface area contributed by atoms with Gasteiger partial charge in [-0.3, -0.25) is 4.79 Å². The molecule has 142 valence electrons. The second kappa shape index (κ2) is 8.62. The van der Waals surface area contributed by atoms with Crippen molar-refractivity contribution in [3.63, 3.8) is 0 Å². The van der Waals surface area contributed by atoms with E-state index in [9.17, 15) is 4.79 Å².